The van der Waals surface area contributed by atoms with E-state index in [-0.39, 0.29) is 5.43 Å². The fourth-order valence-electron chi connectivity index (χ4n) is 3.90. The molecule has 0 bridgehead atoms. The number of hydrogen-bond acceptors (Lipinski definition) is 0. The first-order chi connectivity index (χ1) is 14.5. The van der Waals surface area contributed by atoms with Crippen LogP contribution in [0.1, 0.15) is 44.4 Å². The van der Waals surface area contributed by atoms with Crippen LogP contribution < -0.4 is 0 Å². The van der Waals surface area contributed by atoms with E-state index in [9.17, 15) is 0 Å². The number of benzene rings is 2. The molecule has 1 aliphatic carbocycles. The molecule has 0 saturated heterocycles. The van der Waals surface area contributed by atoms with E-state index in [0.29, 0.717) is 5.92 Å². The van der Waals surface area contributed by atoms with Crippen LogP contribution in [-0.4, -0.2) is 5.43 Å². The summed E-state index contributed by atoms with van der Waals surface area (Å²) in [6.45, 7) is 19.9. The minimum atomic E-state index is 0.210. The second-order valence-corrected chi connectivity index (χ2v) is 18.2. The van der Waals surface area contributed by atoms with Crippen LogP contribution in [0.25, 0.3) is 21.9 Å². The van der Waals surface area contributed by atoms with Crippen molar-refractivity contribution >= 4 is 16.2 Å². The first-order valence-corrected chi connectivity index (χ1v) is 17.2. The van der Waals surface area contributed by atoms with Crippen molar-refractivity contribution in [1.29, 1.82) is 0 Å². The fourth-order valence-corrected chi connectivity index (χ4v) is 3.90. The van der Waals surface area contributed by atoms with E-state index in [1.807, 2.05) is 0 Å². The number of fused-ring (bicyclic) bond motifs is 1. The van der Waals surface area contributed by atoms with Gasteiger partial charge >= 0.3 is 41.9 Å². The smallest absolute Gasteiger partial charge is 0.0395 e. The van der Waals surface area contributed by atoms with Crippen molar-refractivity contribution in [1.82, 2.24) is 0 Å². The molecule has 1 unspecified atom stereocenters. The summed E-state index contributed by atoms with van der Waals surface area (Å²) in [4.78, 5) is 0. The van der Waals surface area contributed by atoms with Gasteiger partial charge in [0.25, 0.3) is 0 Å². The third kappa shape index (κ3) is 6.56. The van der Waals surface area contributed by atoms with Gasteiger partial charge in [-0.1, -0.05) is 61.6 Å². The second kappa shape index (κ2) is 11.5. The van der Waals surface area contributed by atoms with Gasteiger partial charge in [-0.3, -0.25) is 6.08 Å². The quantitative estimate of drug-likeness (QED) is 0.230. The molecule has 0 nitrogen and oxygen atoms in total. The van der Waals surface area contributed by atoms with Crippen molar-refractivity contribution in [2.24, 2.45) is 5.92 Å². The molecule has 160 valence electrons. The molecule has 31 heavy (non-hydrogen) atoms. The predicted octanol–water partition coefficient (Wildman–Crippen LogP) is 8.66. The Bertz CT molecular complexity index is 1140. The molecule has 0 radical (unpaired) electrons. The molecule has 3 aromatic carbocycles. The van der Waals surface area contributed by atoms with Crippen LogP contribution in [0.5, 0.6) is 0 Å². The van der Waals surface area contributed by atoms with Crippen molar-refractivity contribution in [3.63, 3.8) is 0 Å². The van der Waals surface area contributed by atoms with Gasteiger partial charge in [0, 0.05) is 0 Å². The molecular formula is C29H36SiZr. The molecule has 1 atom stereocenters. The molecule has 1 aliphatic rings. The average molecular weight is 504 g/mol. The summed E-state index contributed by atoms with van der Waals surface area (Å²) in [7, 11) is 0. The van der Waals surface area contributed by atoms with Gasteiger partial charge in [-0.05, 0) is 26.3 Å². The molecule has 0 aliphatic heterocycles. The molecule has 0 aromatic heterocycles. The maximum Gasteiger partial charge on any atom is -0.0395 e. The summed E-state index contributed by atoms with van der Waals surface area (Å²) in [6, 6.07) is 17.5. The predicted molar refractivity (Wildman–Crippen MR) is 137 cm³/mol. The molecule has 0 spiro atoms. The Balaban J connectivity index is 0.000000220. The summed E-state index contributed by atoms with van der Waals surface area (Å²) in [5.74, 6) is 0.560. The minimum absolute atomic E-state index is 0.210. The zero-order chi connectivity index (χ0) is 23.3. The first kappa shape index (κ1) is 25.9. The van der Waals surface area contributed by atoms with E-state index in [1.54, 1.807) is 23.3 Å². The van der Waals surface area contributed by atoms with Crippen LogP contribution in [0.15, 0.2) is 65.3 Å². The molecule has 0 fully saturated rings. The van der Waals surface area contributed by atoms with Gasteiger partial charge in [0.05, 0.1) is 0 Å². The first-order valence-electron chi connectivity index (χ1n) is 11.1. The van der Waals surface area contributed by atoms with Crippen LogP contribution >= 0.6 is 0 Å². The summed E-state index contributed by atoms with van der Waals surface area (Å²) in [5.41, 5.74) is 11.3. The van der Waals surface area contributed by atoms with Crippen LogP contribution in [-0.2, 0) is 23.3 Å². The molecular weight excluding hydrogens is 468 g/mol. The van der Waals surface area contributed by atoms with Crippen molar-refractivity contribution < 1.29 is 23.3 Å². The van der Waals surface area contributed by atoms with E-state index in [4.69, 9.17) is 0 Å². The third-order valence-corrected chi connectivity index (χ3v) is 6.13. The van der Waals surface area contributed by atoms with Crippen LogP contribution in [0, 0.1) is 32.8 Å². The Morgan fingerprint density at radius 2 is 1.48 bits per heavy atom. The summed E-state index contributed by atoms with van der Waals surface area (Å²) in [6.07, 6.45) is 3.36. The van der Waals surface area contributed by atoms with E-state index in [2.05, 4.69) is 116 Å². The van der Waals surface area contributed by atoms with E-state index in [0.717, 1.165) is 0 Å². The standard InChI is InChI=1S/C18H17.C9H13.C2H6Si.Zr/c1-12-8-9-13(2)18(14(12)3)17-11-10-15-6-4-5-7-16(15)17;1-6-5-7(2)9(4)8(6)3;1-3-2;/h4-11H,1-3H3;6H,1-4H3;1-2H3;/q2*-1;;+2. The Morgan fingerprint density at radius 1 is 0.903 bits per heavy atom. The van der Waals surface area contributed by atoms with E-state index >= 15 is 0 Å². The minimum Gasteiger partial charge on any atom is -0.150 e. The Hall–Kier alpha value is -1.37. The Morgan fingerprint density at radius 3 is 2.00 bits per heavy atom. The molecule has 3 aromatic rings. The number of rotatable bonds is 1. The van der Waals surface area contributed by atoms with Crippen LogP contribution in [0.2, 0.25) is 13.1 Å². The van der Waals surface area contributed by atoms with Gasteiger partial charge in [-0.25, -0.2) is 5.57 Å². The van der Waals surface area contributed by atoms with Gasteiger partial charge in [-0.2, -0.15) is 11.1 Å². The van der Waals surface area contributed by atoms with Crippen molar-refractivity contribution in [2.75, 3.05) is 0 Å². The summed E-state index contributed by atoms with van der Waals surface area (Å²) >= 11 is 1.74. The Labute approximate surface area is 205 Å². The molecule has 0 N–H and O–H groups in total. The van der Waals surface area contributed by atoms with Crippen molar-refractivity contribution in [3.8, 4) is 11.1 Å². The van der Waals surface area contributed by atoms with Gasteiger partial charge in [0.15, 0.2) is 0 Å². The molecule has 0 saturated carbocycles. The molecule has 2 heteroatoms. The van der Waals surface area contributed by atoms with E-state index in [1.165, 1.54) is 55.3 Å². The van der Waals surface area contributed by atoms with Gasteiger partial charge in [-0.15, -0.1) is 53.6 Å². The maximum absolute atomic E-state index is 3.36. The molecule has 0 amide bonds. The number of aryl methyl sites for hydroxylation is 2. The van der Waals surface area contributed by atoms with E-state index < -0.39 is 0 Å². The SMILES string of the molecule is CC1=[C-]C(C)C(C)=C1C.C[Si](C)=[Zr+2].Cc1ccc(C)c(-c2c[cH-]c3ccccc23)c1C. The van der Waals surface area contributed by atoms with Gasteiger partial charge < -0.3 is 0 Å². The number of allylic oxidation sites excluding steroid dienone is 4. The third-order valence-electron chi connectivity index (χ3n) is 6.13. The monoisotopic (exact) mass is 502 g/mol. The number of hydrogen-bond donors (Lipinski definition) is 0. The molecule has 0 heterocycles. The zero-order valence-electron chi connectivity index (χ0n) is 20.7. The normalized spacial score (nSPS) is 15.2. The Kier molecular flexibility index (Phi) is 9.59. The fraction of sp³-hybridized carbons (Fsp3) is 0.345. The average Bonchev–Trinajstić information content (AvgIpc) is 3.22. The van der Waals surface area contributed by atoms with Gasteiger partial charge in [0.1, 0.15) is 0 Å². The van der Waals surface area contributed by atoms with Crippen LogP contribution in [0.4, 0.5) is 0 Å². The van der Waals surface area contributed by atoms with Crippen molar-refractivity contribution in [2.45, 2.75) is 61.6 Å². The topological polar surface area (TPSA) is 0 Å². The second-order valence-electron chi connectivity index (χ2n) is 8.83. The largest absolute Gasteiger partial charge is 0.150 e. The summed E-state index contributed by atoms with van der Waals surface area (Å²) in [5, 5.41) is 2.68. The molecule has 4 rings (SSSR count). The summed E-state index contributed by atoms with van der Waals surface area (Å²) < 4.78 is 0. The van der Waals surface area contributed by atoms with Gasteiger partial charge in [0.2, 0.25) is 0 Å². The zero-order valence-corrected chi connectivity index (χ0v) is 24.2. The van der Waals surface area contributed by atoms with Crippen LogP contribution in [0.3, 0.4) is 0 Å². The maximum atomic E-state index is 3.36. The van der Waals surface area contributed by atoms with Crippen molar-refractivity contribution in [3.05, 3.63) is 88.0 Å².